The zero-order valence-corrected chi connectivity index (χ0v) is 14.2. The molecule has 1 amide bonds. The average Bonchev–Trinajstić information content (AvgIpc) is 2.62. The molecule has 0 radical (unpaired) electrons. The van der Waals surface area contributed by atoms with Gasteiger partial charge in [0.25, 0.3) is 0 Å². The third-order valence-corrected chi connectivity index (χ3v) is 4.84. The Hall–Kier alpha value is -2.62. The summed E-state index contributed by atoms with van der Waals surface area (Å²) in [6.45, 7) is 0. The maximum Gasteiger partial charge on any atom is 0.326 e. The number of hydrogen-bond donors (Lipinski definition) is 2. The van der Waals surface area contributed by atoms with E-state index in [4.69, 9.17) is 0 Å². The normalized spacial score (nSPS) is 17.4. The van der Waals surface area contributed by atoms with Crippen molar-refractivity contribution in [2.45, 2.75) is 38.1 Å². The third-order valence-electron chi connectivity index (χ3n) is 4.84. The second kappa shape index (κ2) is 7.97. The van der Waals surface area contributed by atoms with Gasteiger partial charge in [-0.05, 0) is 41.9 Å². The molecule has 0 saturated heterocycles. The number of rotatable bonds is 6. The minimum absolute atomic E-state index is 0.173. The molecule has 4 nitrogen and oxygen atoms in total. The van der Waals surface area contributed by atoms with Gasteiger partial charge in [-0.1, -0.05) is 54.6 Å². The molecule has 0 bridgehead atoms. The van der Waals surface area contributed by atoms with E-state index in [0.29, 0.717) is 12.8 Å². The van der Waals surface area contributed by atoms with Crippen molar-refractivity contribution >= 4 is 11.9 Å². The quantitative estimate of drug-likeness (QED) is 0.851. The maximum absolute atomic E-state index is 12.4. The largest absolute Gasteiger partial charge is 0.480 e. The van der Waals surface area contributed by atoms with E-state index in [1.807, 2.05) is 42.5 Å². The van der Waals surface area contributed by atoms with Gasteiger partial charge in [0.05, 0.1) is 0 Å². The summed E-state index contributed by atoms with van der Waals surface area (Å²) in [5.41, 5.74) is 3.58. The van der Waals surface area contributed by atoms with Crippen LogP contribution in [0.4, 0.5) is 0 Å². The number of hydrogen-bond acceptors (Lipinski definition) is 2. The Kier molecular flexibility index (Phi) is 5.49. The highest BCUT2D eigenvalue weighted by molar-refractivity contribution is 5.83. The standard InChI is InChI=1S/C21H23NO3/c23-20(14-16-10-11-17-8-4-5-9-18(17)12-16)22-19(21(24)25)13-15-6-2-1-3-7-15/h1-9,16,19H,10-14H2,(H,22,23)(H,24,25)/t16?,19-/m1/s1. The molecule has 3 rings (SSSR count). The first-order valence-corrected chi connectivity index (χ1v) is 8.74. The van der Waals surface area contributed by atoms with Crippen LogP contribution < -0.4 is 5.32 Å². The van der Waals surface area contributed by atoms with Gasteiger partial charge in [0.15, 0.2) is 0 Å². The van der Waals surface area contributed by atoms with Crippen molar-refractivity contribution in [3.05, 3.63) is 71.3 Å². The first kappa shape index (κ1) is 17.2. The van der Waals surface area contributed by atoms with Crippen molar-refractivity contribution < 1.29 is 14.7 Å². The molecule has 2 aromatic rings. The van der Waals surface area contributed by atoms with E-state index in [0.717, 1.165) is 24.8 Å². The number of carbonyl (C=O) groups is 2. The number of carboxylic acid groups (broad SMARTS) is 1. The molecule has 0 aliphatic heterocycles. The van der Waals surface area contributed by atoms with Crippen molar-refractivity contribution in [1.29, 1.82) is 0 Å². The summed E-state index contributed by atoms with van der Waals surface area (Å²) in [5.74, 6) is -0.889. The zero-order chi connectivity index (χ0) is 17.6. The number of aryl methyl sites for hydroxylation is 1. The fourth-order valence-electron chi connectivity index (χ4n) is 3.51. The van der Waals surface area contributed by atoms with Crippen LogP contribution in [0.2, 0.25) is 0 Å². The minimum atomic E-state index is -0.994. The van der Waals surface area contributed by atoms with E-state index in [-0.39, 0.29) is 11.8 Å². The van der Waals surface area contributed by atoms with E-state index in [1.165, 1.54) is 11.1 Å². The van der Waals surface area contributed by atoms with Crippen molar-refractivity contribution in [1.82, 2.24) is 5.32 Å². The lowest BCUT2D eigenvalue weighted by atomic mass is 9.82. The molecule has 0 heterocycles. The molecule has 0 saturated carbocycles. The predicted molar refractivity (Wildman–Crippen MR) is 96.3 cm³/mol. The Balaban J connectivity index is 1.56. The molecule has 0 spiro atoms. The molecule has 0 aromatic heterocycles. The van der Waals surface area contributed by atoms with Crippen molar-refractivity contribution in [3.63, 3.8) is 0 Å². The number of amides is 1. The third kappa shape index (κ3) is 4.69. The van der Waals surface area contributed by atoms with E-state index >= 15 is 0 Å². The van der Waals surface area contributed by atoms with Crippen LogP contribution in [-0.4, -0.2) is 23.0 Å². The van der Waals surface area contributed by atoms with Crippen molar-refractivity contribution in [2.75, 3.05) is 0 Å². The van der Waals surface area contributed by atoms with Crippen LogP contribution in [0.3, 0.4) is 0 Å². The first-order chi connectivity index (χ1) is 12.1. The first-order valence-electron chi connectivity index (χ1n) is 8.74. The lowest BCUT2D eigenvalue weighted by Crippen LogP contribution is -2.43. The summed E-state index contributed by atoms with van der Waals surface area (Å²) in [6, 6.07) is 16.8. The Bertz CT molecular complexity index is 742. The lowest BCUT2D eigenvalue weighted by molar-refractivity contribution is -0.141. The summed E-state index contributed by atoms with van der Waals surface area (Å²) in [5, 5.41) is 12.1. The lowest BCUT2D eigenvalue weighted by Gasteiger charge is -2.24. The molecular weight excluding hydrogens is 314 g/mol. The molecule has 2 aromatic carbocycles. The van der Waals surface area contributed by atoms with Crippen molar-refractivity contribution in [2.24, 2.45) is 5.92 Å². The zero-order valence-electron chi connectivity index (χ0n) is 14.2. The van der Waals surface area contributed by atoms with Crippen molar-refractivity contribution in [3.8, 4) is 0 Å². The molecule has 4 heteroatoms. The molecule has 1 aliphatic rings. The van der Waals surface area contributed by atoms with Gasteiger partial charge in [-0.15, -0.1) is 0 Å². The van der Waals surface area contributed by atoms with Gasteiger partial charge in [-0.2, -0.15) is 0 Å². The highest BCUT2D eigenvalue weighted by Gasteiger charge is 2.24. The number of aliphatic carboxylic acids is 1. The summed E-state index contributed by atoms with van der Waals surface area (Å²) in [6.07, 6.45) is 3.53. The number of benzene rings is 2. The second-order valence-electron chi connectivity index (χ2n) is 6.73. The van der Waals surface area contributed by atoms with Crippen LogP contribution in [0.25, 0.3) is 0 Å². The number of nitrogens with one attached hydrogen (secondary N) is 1. The molecule has 2 atom stereocenters. The topological polar surface area (TPSA) is 66.4 Å². The maximum atomic E-state index is 12.4. The van der Waals surface area contributed by atoms with Gasteiger partial charge in [-0.3, -0.25) is 4.79 Å². The molecule has 0 fully saturated rings. The smallest absolute Gasteiger partial charge is 0.326 e. The summed E-state index contributed by atoms with van der Waals surface area (Å²) in [4.78, 5) is 23.8. The highest BCUT2D eigenvalue weighted by Crippen LogP contribution is 2.27. The molecule has 1 unspecified atom stereocenters. The molecule has 25 heavy (non-hydrogen) atoms. The van der Waals surface area contributed by atoms with E-state index in [9.17, 15) is 14.7 Å². The SMILES string of the molecule is O=C(CC1CCc2ccccc2C1)N[C@H](Cc1ccccc1)C(=O)O. The number of carboxylic acids is 1. The second-order valence-corrected chi connectivity index (χ2v) is 6.73. The van der Waals surface area contributed by atoms with Crippen LogP contribution in [0.15, 0.2) is 54.6 Å². The number of fused-ring (bicyclic) bond motifs is 1. The highest BCUT2D eigenvalue weighted by atomic mass is 16.4. The van der Waals surface area contributed by atoms with Crippen LogP contribution in [0, 0.1) is 5.92 Å². The van der Waals surface area contributed by atoms with E-state index in [2.05, 4.69) is 17.4 Å². The van der Waals surface area contributed by atoms with Gasteiger partial charge in [-0.25, -0.2) is 4.79 Å². The fraction of sp³-hybridized carbons (Fsp3) is 0.333. The Morgan fingerprint density at radius 3 is 2.44 bits per heavy atom. The molecule has 2 N–H and O–H groups in total. The van der Waals surface area contributed by atoms with E-state index < -0.39 is 12.0 Å². The minimum Gasteiger partial charge on any atom is -0.480 e. The van der Waals surface area contributed by atoms with Gasteiger partial charge in [0.1, 0.15) is 6.04 Å². The van der Waals surface area contributed by atoms with Crippen LogP contribution in [0.5, 0.6) is 0 Å². The predicted octanol–water partition coefficient (Wildman–Crippen LogP) is 2.99. The Morgan fingerprint density at radius 1 is 1.04 bits per heavy atom. The molecular formula is C21H23NO3. The average molecular weight is 337 g/mol. The van der Waals surface area contributed by atoms with Crippen LogP contribution >= 0.6 is 0 Å². The summed E-state index contributed by atoms with van der Waals surface area (Å²) in [7, 11) is 0. The van der Waals surface area contributed by atoms with Gasteiger partial charge >= 0.3 is 5.97 Å². The van der Waals surface area contributed by atoms with Crippen LogP contribution in [-0.2, 0) is 28.9 Å². The van der Waals surface area contributed by atoms with Gasteiger partial charge in [0, 0.05) is 12.8 Å². The summed E-state index contributed by atoms with van der Waals surface area (Å²) < 4.78 is 0. The van der Waals surface area contributed by atoms with Gasteiger partial charge in [0.2, 0.25) is 5.91 Å². The number of carbonyl (C=O) groups excluding carboxylic acids is 1. The monoisotopic (exact) mass is 337 g/mol. The van der Waals surface area contributed by atoms with E-state index in [1.54, 1.807) is 0 Å². The summed E-state index contributed by atoms with van der Waals surface area (Å²) >= 11 is 0. The Morgan fingerprint density at radius 2 is 1.72 bits per heavy atom. The molecule has 130 valence electrons. The Labute approximate surface area is 147 Å². The molecule has 1 aliphatic carbocycles. The fourth-order valence-corrected chi connectivity index (χ4v) is 3.51. The van der Waals surface area contributed by atoms with Gasteiger partial charge < -0.3 is 10.4 Å². The van der Waals surface area contributed by atoms with Crippen LogP contribution in [0.1, 0.15) is 29.5 Å².